The molecule has 166 valence electrons. The Morgan fingerprint density at radius 3 is 2.56 bits per heavy atom. The lowest BCUT2D eigenvalue weighted by atomic mass is 9.99. The molecule has 2 heterocycles. The van der Waals surface area contributed by atoms with Crippen molar-refractivity contribution >= 4 is 34.6 Å². The molecule has 2 aromatic carbocycles. The number of thiophene rings is 1. The summed E-state index contributed by atoms with van der Waals surface area (Å²) >= 11 is 7.90. The molecule has 4 nitrogen and oxygen atoms in total. The Bertz CT molecular complexity index is 1140. The standard InChI is InChI=1S/C26H26ClNO3S/c1-16-12-13-32-25(16)19-9-6-18(7-10-19)8-11-24(30)23-14-20(29)15-28(23)26(31)21-4-3-5-22(27)17(21)2/h3-7,9-10,12-13,20,23,29H,8,11,14-15H2,1-2H3/t20-,23+/m1/s1. The van der Waals surface area contributed by atoms with E-state index in [1.165, 1.54) is 20.9 Å². The Balaban J connectivity index is 1.43. The molecule has 1 N–H and O–H groups in total. The largest absolute Gasteiger partial charge is 0.391 e. The fraction of sp³-hybridized carbons (Fsp3) is 0.308. The van der Waals surface area contributed by atoms with Gasteiger partial charge in [-0.15, -0.1) is 11.3 Å². The number of carbonyl (C=O) groups excluding carboxylic acids is 2. The van der Waals surface area contributed by atoms with Crippen LogP contribution in [0.15, 0.2) is 53.9 Å². The van der Waals surface area contributed by atoms with Crippen LogP contribution in [0.4, 0.5) is 0 Å². The minimum atomic E-state index is -0.694. The minimum Gasteiger partial charge on any atom is -0.391 e. The number of likely N-dealkylation sites (tertiary alicyclic amines) is 1. The molecule has 1 aliphatic rings. The summed E-state index contributed by atoms with van der Waals surface area (Å²) in [4.78, 5) is 28.9. The minimum absolute atomic E-state index is 0.0206. The quantitative estimate of drug-likeness (QED) is 0.523. The summed E-state index contributed by atoms with van der Waals surface area (Å²) in [5.41, 5.74) is 4.69. The van der Waals surface area contributed by atoms with E-state index in [-0.39, 0.29) is 24.7 Å². The van der Waals surface area contributed by atoms with Gasteiger partial charge in [0.1, 0.15) is 0 Å². The number of aryl methyl sites for hydroxylation is 2. The van der Waals surface area contributed by atoms with Crippen LogP contribution in [0.2, 0.25) is 5.02 Å². The fourth-order valence-electron chi connectivity index (χ4n) is 4.26. The molecule has 2 atom stereocenters. The number of benzene rings is 2. The zero-order chi connectivity index (χ0) is 22.8. The van der Waals surface area contributed by atoms with Gasteiger partial charge in [0.05, 0.1) is 12.1 Å². The van der Waals surface area contributed by atoms with Gasteiger partial charge in [-0.05, 0) is 66.1 Å². The van der Waals surface area contributed by atoms with Crippen LogP contribution in [0.5, 0.6) is 0 Å². The third kappa shape index (κ3) is 4.65. The van der Waals surface area contributed by atoms with Gasteiger partial charge in [-0.25, -0.2) is 0 Å². The lowest BCUT2D eigenvalue weighted by Gasteiger charge is -2.24. The Labute approximate surface area is 197 Å². The molecule has 0 unspecified atom stereocenters. The second-order valence-corrected chi connectivity index (χ2v) is 9.69. The van der Waals surface area contributed by atoms with Crippen LogP contribution in [0, 0.1) is 13.8 Å². The van der Waals surface area contributed by atoms with Crippen molar-refractivity contribution in [2.24, 2.45) is 0 Å². The third-order valence-corrected chi connectivity index (χ3v) is 7.62. The maximum atomic E-state index is 13.1. The summed E-state index contributed by atoms with van der Waals surface area (Å²) in [5, 5.41) is 12.8. The van der Waals surface area contributed by atoms with Crippen LogP contribution in [0.3, 0.4) is 0 Å². The molecule has 4 rings (SSSR count). The van der Waals surface area contributed by atoms with Crippen molar-refractivity contribution in [2.75, 3.05) is 6.54 Å². The third-order valence-electron chi connectivity index (χ3n) is 6.15. The van der Waals surface area contributed by atoms with Gasteiger partial charge in [-0.2, -0.15) is 0 Å². The Morgan fingerprint density at radius 2 is 1.88 bits per heavy atom. The van der Waals surface area contributed by atoms with E-state index in [0.29, 0.717) is 29.0 Å². The smallest absolute Gasteiger partial charge is 0.254 e. The van der Waals surface area contributed by atoms with Crippen LogP contribution in [0.25, 0.3) is 10.4 Å². The van der Waals surface area contributed by atoms with Gasteiger partial charge in [0.2, 0.25) is 0 Å². The van der Waals surface area contributed by atoms with Gasteiger partial charge in [0, 0.05) is 34.8 Å². The van der Waals surface area contributed by atoms with Gasteiger partial charge in [-0.1, -0.05) is 41.9 Å². The highest BCUT2D eigenvalue weighted by Gasteiger charge is 2.39. The number of halogens is 1. The number of nitrogens with zero attached hydrogens (tertiary/aromatic N) is 1. The van der Waals surface area contributed by atoms with Crippen molar-refractivity contribution in [1.82, 2.24) is 4.90 Å². The van der Waals surface area contributed by atoms with Crippen LogP contribution >= 0.6 is 22.9 Å². The molecule has 1 aromatic heterocycles. The number of carbonyl (C=O) groups is 2. The number of Topliss-reactive ketones (excluding diaryl/α,β-unsaturated/α-hetero) is 1. The molecular formula is C26H26ClNO3S. The second kappa shape index (κ2) is 9.57. The highest BCUT2D eigenvalue weighted by Crippen LogP contribution is 2.30. The first-order chi connectivity index (χ1) is 15.3. The summed E-state index contributed by atoms with van der Waals surface area (Å²) < 4.78 is 0. The number of β-amino-alcohol motifs (C(OH)–C–C–N with tert-alkyl or cyclic N) is 1. The van der Waals surface area contributed by atoms with Crippen molar-refractivity contribution in [3.8, 4) is 10.4 Å². The number of amides is 1. The molecule has 0 spiro atoms. The Hall–Kier alpha value is -2.47. The van der Waals surface area contributed by atoms with Gasteiger partial charge >= 0.3 is 0 Å². The molecule has 6 heteroatoms. The van der Waals surface area contributed by atoms with Crippen LogP contribution in [0.1, 0.15) is 39.9 Å². The molecule has 0 radical (unpaired) electrons. The van der Waals surface area contributed by atoms with E-state index in [1.54, 1.807) is 36.5 Å². The Morgan fingerprint density at radius 1 is 1.12 bits per heavy atom. The summed E-state index contributed by atoms with van der Waals surface area (Å²) in [6.45, 7) is 4.06. The average Bonchev–Trinajstić information content (AvgIpc) is 3.39. The van der Waals surface area contributed by atoms with Gasteiger partial charge in [0.25, 0.3) is 5.91 Å². The molecular weight excluding hydrogens is 442 g/mol. The van der Waals surface area contributed by atoms with E-state index in [4.69, 9.17) is 11.6 Å². The molecule has 0 bridgehead atoms. The number of aliphatic hydroxyl groups is 1. The van der Waals surface area contributed by atoms with Crippen LogP contribution < -0.4 is 0 Å². The molecule has 0 saturated carbocycles. The highest BCUT2D eigenvalue weighted by atomic mass is 35.5. The predicted molar refractivity (Wildman–Crippen MR) is 129 cm³/mol. The van der Waals surface area contributed by atoms with Gasteiger partial charge in [-0.3, -0.25) is 9.59 Å². The van der Waals surface area contributed by atoms with Crippen LogP contribution in [-0.2, 0) is 11.2 Å². The number of aliphatic hydroxyl groups excluding tert-OH is 1. The SMILES string of the molecule is Cc1ccsc1-c1ccc(CCC(=O)[C@@H]2C[C@@H](O)CN2C(=O)c2cccc(Cl)c2C)cc1. The summed E-state index contributed by atoms with van der Waals surface area (Å²) in [6, 6.07) is 15.0. The number of rotatable bonds is 6. The predicted octanol–water partition coefficient (Wildman–Crippen LogP) is 5.46. The lowest BCUT2D eigenvalue weighted by Crippen LogP contribution is -2.41. The topological polar surface area (TPSA) is 57.6 Å². The Kier molecular flexibility index (Phi) is 6.79. The molecule has 1 saturated heterocycles. The summed E-state index contributed by atoms with van der Waals surface area (Å²) in [6.07, 6.45) is 0.516. The van der Waals surface area contributed by atoms with Crippen molar-refractivity contribution in [3.05, 3.63) is 81.2 Å². The van der Waals surface area contributed by atoms with Crippen molar-refractivity contribution in [3.63, 3.8) is 0 Å². The van der Waals surface area contributed by atoms with E-state index in [2.05, 4.69) is 42.6 Å². The van der Waals surface area contributed by atoms with Crippen molar-refractivity contribution in [2.45, 2.75) is 45.3 Å². The summed E-state index contributed by atoms with van der Waals surface area (Å²) in [7, 11) is 0. The second-order valence-electron chi connectivity index (χ2n) is 8.37. The van der Waals surface area contributed by atoms with Gasteiger partial charge in [0.15, 0.2) is 5.78 Å². The molecule has 3 aromatic rings. The van der Waals surface area contributed by atoms with E-state index in [1.807, 2.05) is 0 Å². The zero-order valence-corrected chi connectivity index (χ0v) is 19.7. The lowest BCUT2D eigenvalue weighted by molar-refractivity contribution is -0.122. The molecule has 1 aliphatic heterocycles. The van der Waals surface area contributed by atoms with Crippen LogP contribution in [-0.4, -0.2) is 40.4 Å². The molecule has 1 fully saturated rings. The zero-order valence-electron chi connectivity index (χ0n) is 18.2. The number of hydrogen-bond donors (Lipinski definition) is 1. The first-order valence-electron chi connectivity index (χ1n) is 10.8. The molecule has 32 heavy (non-hydrogen) atoms. The molecule has 1 amide bonds. The summed E-state index contributed by atoms with van der Waals surface area (Å²) in [5.74, 6) is -0.275. The molecule has 0 aliphatic carbocycles. The average molecular weight is 468 g/mol. The van der Waals surface area contributed by atoms with Crippen molar-refractivity contribution < 1.29 is 14.7 Å². The first-order valence-corrected chi connectivity index (χ1v) is 12.0. The number of ketones is 1. The normalized spacial score (nSPS) is 18.2. The van der Waals surface area contributed by atoms with E-state index in [9.17, 15) is 14.7 Å². The maximum Gasteiger partial charge on any atom is 0.254 e. The highest BCUT2D eigenvalue weighted by molar-refractivity contribution is 7.13. The van der Waals surface area contributed by atoms with E-state index < -0.39 is 12.1 Å². The maximum absolute atomic E-state index is 13.1. The number of hydrogen-bond acceptors (Lipinski definition) is 4. The fourth-order valence-corrected chi connectivity index (χ4v) is 5.37. The van der Waals surface area contributed by atoms with E-state index >= 15 is 0 Å². The first kappa shape index (κ1) is 22.7. The van der Waals surface area contributed by atoms with E-state index in [0.717, 1.165) is 5.56 Å². The van der Waals surface area contributed by atoms with Gasteiger partial charge < -0.3 is 10.0 Å². The monoisotopic (exact) mass is 467 g/mol. The van der Waals surface area contributed by atoms with Crippen molar-refractivity contribution in [1.29, 1.82) is 0 Å².